The van der Waals surface area contributed by atoms with E-state index in [2.05, 4.69) is 47.8 Å². The minimum absolute atomic E-state index is 0. The molecule has 0 radical (unpaired) electrons. The van der Waals surface area contributed by atoms with Crippen LogP contribution in [0.25, 0.3) is 0 Å². The molecule has 1 fully saturated rings. The van der Waals surface area contributed by atoms with Crippen molar-refractivity contribution in [1.29, 1.82) is 0 Å². The Morgan fingerprint density at radius 1 is 1.24 bits per heavy atom. The fourth-order valence-electron chi connectivity index (χ4n) is 3.50. The van der Waals surface area contributed by atoms with Crippen molar-refractivity contribution in [1.82, 2.24) is 25.0 Å². The summed E-state index contributed by atoms with van der Waals surface area (Å²) in [6, 6.07) is 0. The summed E-state index contributed by atoms with van der Waals surface area (Å²) in [4.78, 5) is 14.6. The predicted octanol–water partition coefficient (Wildman–Crippen LogP) is 2.58. The highest BCUT2D eigenvalue weighted by molar-refractivity contribution is 5.85. The number of likely N-dealkylation sites (tertiary alicyclic amines) is 1. The van der Waals surface area contributed by atoms with Gasteiger partial charge in [0.2, 0.25) is 5.91 Å². The normalized spacial score (nSPS) is 19.9. The molecular formula is C18H32ClN5O. The van der Waals surface area contributed by atoms with Crippen molar-refractivity contribution in [3.63, 3.8) is 0 Å². The molecule has 3 heterocycles. The Morgan fingerprint density at radius 2 is 1.92 bits per heavy atom. The summed E-state index contributed by atoms with van der Waals surface area (Å²) in [5.74, 6) is 3.32. The third kappa shape index (κ3) is 4.53. The minimum atomic E-state index is 0. The lowest BCUT2D eigenvalue weighted by Gasteiger charge is -2.34. The van der Waals surface area contributed by atoms with Crippen molar-refractivity contribution < 1.29 is 4.79 Å². The molecule has 1 unspecified atom stereocenters. The maximum atomic E-state index is 12.6. The lowest BCUT2D eigenvalue weighted by Crippen LogP contribution is -2.40. The molecule has 2 aliphatic heterocycles. The molecule has 1 atom stereocenters. The zero-order valence-corrected chi connectivity index (χ0v) is 16.7. The van der Waals surface area contributed by atoms with Crippen LogP contribution >= 0.6 is 12.4 Å². The molecule has 1 aromatic rings. The van der Waals surface area contributed by atoms with Gasteiger partial charge in [-0.1, -0.05) is 27.7 Å². The molecule has 0 saturated carbocycles. The van der Waals surface area contributed by atoms with Crippen molar-refractivity contribution in [2.75, 3.05) is 19.6 Å². The Labute approximate surface area is 157 Å². The number of carbonyl (C=O) groups is 1. The van der Waals surface area contributed by atoms with Crippen molar-refractivity contribution >= 4 is 18.3 Å². The van der Waals surface area contributed by atoms with Gasteiger partial charge in [0.25, 0.3) is 0 Å². The second-order valence-electron chi connectivity index (χ2n) is 8.43. The zero-order valence-electron chi connectivity index (χ0n) is 15.9. The molecule has 142 valence electrons. The van der Waals surface area contributed by atoms with Crippen LogP contribution in [0.1, 0.15) is 64.5 Å². The van der Waals surface area contributed by atoms with E-state index in [4.69, 9.17) is 0 Å². The molecule has 1 saturated heterocycles. The van der Waals surface area contributed by atoms with Gasteiger partial charge in [0.1, 0.15) is 11.6 Å². The average Bonchev–Trinajstić information content (AvgIpc) is 2.98. The molecule has 1 amide bonds. The standard InChI is InChI=1S/C18H31N5O.ClH/c1-13(18(2,3)4)11-16(24)22-8-5-14(6-9-22)17-21-20-15-12-19-7-10-23(15)17;/h13-14,19H,5-12H2,1-4H3;1H. The first-order valence-corrected chi connectivity index (χ1v) is 9.26. The molecule has 0 spiro atoms. The van der Waals surface area contributed by atoms with Gasteiger partial charge in [0.05, 0.1) is 6.54 Å². The van der Waals surface area contributed by atoms with Crippen molar-refractivity contribution in [2.24, 2.45) is 11.3 Å². The number of rotatable bonds is 3. The molecule has 1 N–H and O–H groups in total. The van der Waals surface area contributed by atoms with E-state index in [0.29, 0.717) is 24.2 Å². The van der Waals surface area contributed by atoms with Gasteiger partial charge in [-0.2, -0.15) is 0 Å². The van der Waals surface area contributed by atoms with Gasteiger partial charge in [-0.25, -0.2) is 0 Å². The molecule has 1 aromatic heterocycles. The Balaban J connectivity index is 0.00000225. The third-order valence-corrected chi connectivity index (χ3v) is 5.82. The highest BCUT2D eigenvalue weighted by Crippen LogP contribution is 2.31. The smallest absolute Gasteiger partial charge is 0.222 e. The van der Waals surface area contributed by atoms with Crippen LogP contribution in [-0.4, -0.2) is 45.2 Å². The van der Waals surface area contributed by atoms with Crippen LogP contribution in [0.3, 0.4) is 0 Å². The first-order chi connectivity index (χ1) is 11.4. The highest BCUT2D eigenvalue weighted by atomic mass is 35.5. The van der Waals surface area contributed by atoms with Gasteiger partial charge in [0.15, 0.2) is 0 Å². The molecule has 6 nitrogen and oxygen atoms in total. The number of fused-ring (bicyclic) bond motifs is 1. The SMILES string of the molecule is CC(CC(=O)N1CCC(c2nnc3n2CCNC3)CC1)C(C)(C)C.Cl. The Hall–Kier alpha value is -1.14. The lowest BCUT2D eigenvalue weighted by atomic mass is 9.80. The number of piperidine rings is 1. The molecule has 3 rings (SSSR count). The van der Waals surface area contributed by atoms with E-state index < -0.39 is 0 Å². The van der Waals surface area contributed by atoms with Crippen LogP contribution in [0.4, 0.5) is 0 Å². The van der Waals surface area contributed by atoms with Gasteiger partial charge in [-0.05, 0) is 24.2 Å². The van der Waals surface area contributed by atoms with E-state index in [1.807, 2.05) is 4.90 Å². The van der Waals surface area contributed by atoms with E-state index in [0.717, 1.165) is 57.2 Å². The Kier molecular flexibility index (Phi) is 6.49. The summed E-state index contributed by atoms with van der Waals surface area (Å²) >= 11 is 0. The first-order valence-electron chi connectivity index (χ1n) is 9.26. The van der Waals surface area contributed by atoms with Crippen LogP contribution in [0.15, 0.2) is 0 Å². The fourth-order valence-corrected chi connectivity index (χ4v) is 3.50. The summed E-state index contributed by atoms with van der Waals surface area (Å²) in [5.41, 5.74) is 0.183. The zero-order chi connectivity index (χ0) is 17.3. The first kappa shape index (κ1) is 20.2. The van der Waals surface area contributed by atoms with Crippen LogP contribution < -0.4 is 5.32 Å². The molecule has 25 heavy (non-hydrogen) atoms. The van der Waals surface area contributed by atoms with Crippen LogP contribution in [0, 0.1) is 11.3 Å². The van der Waals surface area contributed by atoms with E-state index in [1.165, 1.54) is 0 Å². The van der Waals surface area contributed by atoms with E-state index >= 15 is 0 Å². The largest absolute Gasteiger partial charge is 0.343 e. The summed E-state index contributed by atoms with van der Waals surface area (Å²) in [5, 5.41) is 12.1. The average molecular weight is 370 g/mol. The number of halogens is 1. The minimum Gasteiger partial charge on any atom is -0.343 e. The monoisotopic (exact) mass is 369 g/mol. The molecule has 7 heteroatoms. The van der Waals surface area contributed by atoms with E-state index in [-0.39, 0.29) is 17.8 Å². The quantitative estimate of drug-likeness (QED) is 0.889. The molecule has 2 aliphatic rings. The number of nitrogens with one attached hydrogen (secondary N) is 1. The number of aromatic nitrogens is 3. The Bertz CT molecular complexity index is 587. The van der Waals surface area contributed by atoms with Crippen LogP contribution in [-0.2, 0) is 17.9 Å². The van der Waals surface area contributed by atoms with E-state index in [9.17, 15) is 4.79 Å². The molecular weight excluding hydrogens is 338 g/mol. The van der Waals surface area contributed by atoms with Crippen molar-refractivity contribution in [3.8, 4) is 0 Å². The Morgan fingerprint density at radius 3 is 2.56 bits per heavy atom. The van der Waals surface area contributed by atoms with Gasteiger partial charge in [-0.15, -0.1) is 22.6 Å². The van der Waals surface area contributed by atoms with Crippen molar-refractivity contribution in [2.45, 2.75) is 66.0 Å². The molecule has 0 aromatic carbocycles. The highest BCUT2D eigenvalue weighted by Gasteiger charge is 2.30. The van der Waals surface area contributed by atoms with Crippen LogP contribution in [0.5, 0.6) is 0 Å². The van der Waals surface area contributed by atoms with E-state index in [1.54, 1.807) is 0 Å². The van der Waals surface area contributed by atoms with Crippen molar-refractivity contribution in [3.05, 3.63) is 11.6 Å². The maximum Gasteiger partial charge on any atom is 0.222 e. The molecule has 0 aliphatic carbocycles. The summed E-state index contributed by atoms with van der Waals surface area (Å²) in [7, 11) is 0. The number of hydrogen-bond acceptors (Lipinski definition) is 4. The topological polar surface area (TPSA) is 63.1 Å². The lowest BCUT2D eigenvalue weighted by molar-refractivity contribution is -0.134. The number of amides is 1. The molecule has 0 bridgehead atoms. The van der Waals surface area contributed by atoms with Gasteiger partial charge >= 0.3 is 0 Å². The fraction of sp³-hybridized carbons (Fsp3) is 0.833. The number of nitrogens with zero attached hydrogens (tertiary/aromatic N) is 4. The number of hydrogen-bond donors (Lipinski definition) is 1. The van der Waals surface area contributed by atoms with Gasteiger partial charge in [-0.3, -0.25) is 4.79 Å². The van der Waals surface area contributed by atoms with Gasteiger partial charge in [0, 0.05) is 38.5 Å². The third-order valence-electron chi connectivity index (χ3n) is 5.82. The summed E-state index contributed by atoms with van der Waals surface area (Å²) in [6.07, 6.45) is 2.66. The van der Waals surface area contributed by atoms with Gasteiger partial charge < -0.3 is 14.8 Å². The second-order valence-corrected chi connectivity index (χ2v) is 8.43. The summed E-state index contributed by atoms with van der Waals surface area (Å²) in [6.45, 7) is 13.3. The number of carbonyl (C=O) groups excluding carboxylic acids is 1. The summed E-state index contributed by atoms with van der Waals surface area (Å²) < 4.78 is 2.28. The second kappa shape index (κ2) is 8.04. The maximum absolute atomic E-state index is 12.6. The van der Waals surface area contributed by atoms with Crippen LogP contribution in [0.2, 0.25) is 0 Å². The predicted molar refractivity (Wildman–Crippen MR) is 101 cm³/mol.